The minimum Gasteiger partial charge on any atom is -0.497 e. The molecule has 0 saturated carbocycles. The van der Waals surface area contributed by atoms with Gasteiger partial charge in [-0.25, -0.2) is 4.99 Å². The lowest BCUT2D eigenvalue weighted by Gasteiger charge is -2.00. The van der Waals surface area contributed by atoms with Crippen LogP contribution in [0.5, 0.6) is 5.75 Å². The van der Waals surface area contributed by atoms with Crippen LogP contribution < -0.4 is 10.1 Å². The Labute approximate surface area is 133 Å². The molecule has 1 N–H and O–H groups in total. The van der Waals surface area contributed by atoms with Gasteiger partial charge >= 0.3 is 0 Å². The molecule has 0 atom stereocenters. The number of rotatable bonds is 3. The first-order valence-electron chi connectivity index (χ1n) is 6.67. The van der Waals surface area contributed by atoms with Gasteiger partial charge in [-0.15, -0.1) is 0 Å². The Morgan fingerprint density at radius 3 is 2.64 bits per heavy atom. The molecule has 0 aliphatic carbocycles. The number of nitrogens with one attached hydrogen (secondary N) is 1. The largest absolute Gasteiger partial charge is 0.497 e. The second-order valence-corrected chi connectivity index (χ2v) is 5.16. The van der Waals surface area contributed by atoms with E-state index in [4.69, 9.17) is 16.3 Å². The number of halogens is 1. The standard InChI is InChI=1S/C17H13ClN2O2/c1-22-14-7-5-11(6-8-14)9-15-17(21)20-16(19-15)12-3-2-4-13(18)10-12/h2-10H,1H3,(H,19,20,21)/b15-9+. The maximum Gasteiger partial charge on any atom is 0.275 e. The molecule has 22 heavy (non-hydrogen) atoms. The molecular formula is C17H13ClN2O2. The smallest absolute Gasteiger partial charge is 0.275 e. The highest BCUT2D eigenvalue weighted by molar-refractivity contribution is 6.31. The summed E-state index contributed by atoms with van der Waals surface area (Å²) in [5.74, 6) is 1.04. The van der Waals surface area contributed by atoms with Crippen molar-refractivity contribution in [3.05, 3.63) is 70.4 Å². The van der Waals surface area contributed by atoms with Crippen molar-refractivity contribution in [3.8, 4) is 5.75 Å². The molecule has 0 spiro atoms. The van der Waals surface area contributed by atoms with Crippen LogP contribution in [0.25, 0.3) is 6.08 Å². The molecule has 1 heterocycles. The van der Waals surface area contributed by atoms with Crippen molar-refractivity contribution in [1.29, 1.82) is 0 Å². The van der Waals surface area contributed by atoms with Crippen molar-refractivity contribution in [2.45, 2.75) is 0 Å². The summed E-state index contributed by atoms with van der Waals surface area (Å²) in [5.41, 5.74) is 2.01. The van der Waals surface area contributed by atoms with Gasteiger partial charge in [-0.1, -0.05) is 35.9 Å². The Balaban J connectivity index is 1.90. The molecule has 0 fully saturated rings. The number of amidine groups is 1. The topological polar surface area (TPSA) is 50.7 Å². The number of ether oxygens (including phenoxy) is 1. The van der Waals surface area contributed by atoms with E-state index in [1.54, 1.807) is 25.3 Å². The fraction of sp³-hybridized carbons (Fsp3) is 0.0588. The minimum atomic E-state index is -0.231. The molecule has 2 aromatic rings. The first-order valence-corrected chi connectivity index (χ1v) is 7.05. The van der Waals surface area contributed by atoms with Crippen LogP contribution in [0.1, 0.15) is 11.1 Å². The van der Waals surface area contributed by atoms with E-state index in [1.165, 1.54) is 0 Å². The first-order chi connectivity index (χ1) is 10.7. The summed E-state index contributed by atoms with van der Waals surface area (Å²) in [5, 5.41) is 3.35. The fourth-order valence-corrected chi connectivity index (χ4v) is 2.29. The van der Waals surface area contributed by atoms with Crippen LogP contribution in [0.3, 0.4) is 0 Å². The number of nitrogens with zero attached hydrogens (tertiary/aromatic N) is 1. The summed E-state index contributed by atoms with van der Waals surface area (Å²) in [7, 11) is 1.61. The maximum absolute atomic E-state index is 12.0. The number of methoxy groups -OCH3 is 1. The Kier molecular flexibility index (Phi) is 3.94. The van der Waals surface area contributed by atoms with Crippen molar-refractivity contribution >= 4 is 29.4 Å². The average Bonchev–Trinajstić information content (AvgIpc) is 2.89. The van der Waals surface area contributed by atoms with E-state index in [2.05, 4.69) is 10.3 Å². The van der Waals surface area contributed by atoms with E-state index in [0.29, 0.717) is 16.6 Å². The molecule has 0 unspecified atom stereocenters. The van der Waals surface area contributed by atoms with E-state index in [0.717, 1.165) is 16.9 Å². The summed E-state index contributed by atoms with van der Waals surface area (Å²) in [4.78, 5) is 16.4. The van der Waals surface area contributed by atoms with Gasteiger partial charge in [0, 0.05) is 10.6 Å². The van der Waals surface area contributed by atoms with Crippen LogP contribution in [-0.2, 0) is 4.79 Å². The van der Waals surface area contributed by atoms with E-state index < -0.39 is 0 Å². The molecule has 5 heteroatoms. The van der Waals surface area contributed by atoms with Crippen LogP contribution in [0.2, 0.25) is 5.02 Å². The van der Waals surface area contributed by atoms with Crippen molar-refractivity contribution in [3.63, 3.8) is 0 Å². The van der Waals surface area contributed by atoms with Gasteiger partial charge in [0.2, 0.25) is 0 Å². The third-order valence-electron chi connectivity index (χ3n) is 3.21. The predicted molar refractivity (Wildman–Crippen MR) is 87.1 cm³/mol. The van der Waals surface area contributed by atoms with Crippen molar-refractivity contribution in [1.82, 2.24) is 5.32 Å². The lowest BCUT2D eigenvalue weighted by atomic mass is 10.2. The number of carbonyl (C=O) groups is 1. The third kappa shape index (κ3) is 3.02. The fourth-order valence-electron chi connectivity index (χ4n) is 2.10. The monoisotopic (exact) mass is 312 g/mol. The number of benzene rings is 2. The molecule has 110 valence electrons. The van der Waals surface area contributed by atoms with Crippen LogP contribution in [0.15, 0.2) is 59.2 Å². The maximum atomic E-state index is 12.0. The summed E-state index contributed by atoms with van der Waals surface area (Å²) >= 11 is 5.96. The van der Waals surface area contributed by atoms with Crippen molar-refractivity contribution < 1.29 is 9.53 Å². The van der Waals surface area contributed by atoms with E-state index >= 15 is 0 Å². The SMILES string of the molecule is COc1ccc(/C=C2/N=C(c3cccc(Cl)c3)NC2=O)cc1. The lowest BCUT2D eigenvalue weighted by molar-refractivity contribution is -0.115. The second-order valence-electron chi connectivity index (χ2n) is 4.73. The highest BCUT2D eigenvalue weighted by atomic mass is 35.5. The van der Waals surface area contributed by atoms with Crippen LogP contribution in [0, 0.1) is 0 Å². The zero-order valence-corrected chi connectivity index (χ0v) is 12.6. The molecule has 0 radical (unpaired) electrons. The Morgan fingerprint density at radius 2 is 1.95 bits per heavy atom. The van der Waals surface area contributed by atoms with Crippen LogP contribution >= 0.6 is 11.6 Å². The molecular weight excluding hydrogens is 300 g/mol. The van der Waals surface area contributed by atoms with Gasteiger partial charge in [0.25, 0.3) is 5.91 Å². The van der Waals surface area contributed by atoms with Gasteiger partial charge in [0.05, 0.1) is 7.11 Å². The normalized spacial score (nSPS) is 15.6. The van der Waals surface area contributed by atoms with Gasteiger partial charge in [-0.05, 0) is 35.9 Å². The van der Waals surface area contributed by atoms with Gasteiger partial charge < -0.3 is 10.1 Å². The molecule has 0 bridgehead atoms. The van der Waals surface area contributed by atoms with Crippen molar-refractivity contribution in [2.75, 3.05) is 7.11 Å². The Hall–Kier alpha value is -2.59. The van der Waals surface area contributed by atoms with Gasteiger partial charge in [0.1, 0.15) is 17.3 Å². The van der Waals surface area contributed by atoms with Gasteiger partial charge in [-0.3, -0.25) is 4.79 Å². The number of hydrogen-bond acceptors (Lipinski definition) is 3. The Morgan fingerprint density at radius 1 is 1.18 bits per heavy atom. The molecule has 1 amide bonds. The Bertz CT molecular complexity index is 780. The predicted octanol–water partition coefficient (Wildman–Crippen LogP) is 3.27. The first kappa shape index (κ1) is 14.4. The summed E-state index contributed by atoms with van der Waals surface area (Å²) < 4.78 is 5.11. The lowest BCUT2D eigenvalue weighted by Crippen LogP contribution is -2.24. The minimum absolute atomic E-state index is 0.231. The van der Waals surface area contributed by atoms with E-state index in [1.807, 2.05) is 36.4 Å². The highest BCUT2D eigenvalue weighted by Crippen LogP contribution is 2.19. The van der Waals surface area contributed by atoms with Crippen LogP contribution in [-0.4, -0.2) is 18.9 Å². The molecule has 1 aliphatic rings. The summed E-state index contributed by atoms with van der Waals surface area (Å²) in [6.07, 6.45) is 1.73. The second kappa shape index (κ2) is 6.03. The van der Waals surface area contributed by atoms with E-state index in [9.17, 15) is 4.79 Å². The average molecular weight is 313 g/mol. The molecule has 2 aromatic carbocycles. The molecule has 4 nitrogen and oxygen atoms in total. The van der Waals surface area contributed by atoms with Crippen LogP contribution in [0.4, 0.5) is 0 Å². The van der Waals surface area contributed by atoms with Gasteiger partial charge in [0.15, 0.2) is 0 Å². The molecule has 1 aliphatic heterocycles. The van der Waals surface area contributed by atoms with Crippen molar-refractivity contribution in [2.24, 2.45) is 4.99 Å². The highest BCUT2D eigenvalue weighted by Gasteiger charge is 2.21. The third-order valence-corrected chi connectivity index (χ3v) is 3.45. The molecule has 3 rings (SSSR count). The zero-order valence-electron chi connectivity index (χ0n) is 11.8. The summed E-state index contributed by atoms with van der Waals surface area (Å²) in [6, 6.07) is 14.6. The van der Waals surface area contributed by atoms with Gasteiger partial charge in [-0.2, -0.15) is 0 Å². The zero-order chi connectivity index (χ0) is 15.5. The number of carbonyl (C=O) groups excluding carboxylic acids is 1. The quantitative estimate of drug-likeness (QED) is 0.884. The number of hydrogen-bond donors (Lipinski definition) is 1. The number of aliphatic imine (C=N–C) groups is 1. The molecule has 0 aromatic heterocycles. The van der Waals surface area contributed by atoms with E-state index in [-0.39, 0.29) is 5.91 Å². The number of amides is 1. The molecule has 0 saturated heterocycles. The summed E-state index contributed by atoms with van der Waals surface area (Å²) in [6.45, 7) is 0.